The number of anilines is 2. The Kier molecular flexibility index (Phi) is 5.94. The lowest BCUT2D eigenvalue weighted by atomic mass is 10.2. The van der Waals surface area contributed by atoms with Gasteiger partial charge in [-0.3, -0.25) is 4.79 Å². The molecule has 3 rings (SSSR count). The maximum atomic E-state index is 12.1. The minimum absolute atomic E-state index is 0.212. The molecule has 0 unspecified atom stereocenters. The van der Waals surface area contributed by atoms with Crippen molar-refractivity contribution in [3.63, 3.8) is 0 Å². The van der Waals surface area contributed by atoms with Crippen molar-refractivity contribution < 1.29 is 14.0 Å². The number of benzene rings is 2. The molecule has 8 heteroatoms. The molecule has 7 nitrogen and oxygen atoms in total. The average Bonchev–Trinajstić information content (AvgIpc) is 3.22. The number of halogens is 1. The zero-order valence-corrected chi connectivity index (χ0v) is 15.3. The molecule has 0 fully saturated rings. The van der Waals surface area contributed by atoms with Crippen LogP contribution in [0.2, 0.25) is 5.02 Å². The van der Waals surface area contributed by atoms with E-state index in [9.17, 15) is 9.59 Å². The molecular formula is C20H15ClN4O3. The predicted molar refractivity (Wildman–Crippen MR) is 105 cm³/mol. The molecule has 3 N–H and O–H groups in total. The number of carbonyl (C=O) groups excluding carboxylic acids is 2. The second kappa shape index (κ2) is 8.75. The van der Waals surface area contributed by atoms with Gasteiger partial charge >= 0.3 is 6.03 Å². The average molecular weight is 395 g/mol. The lowest BCUT2D eigenvalue weighted by molar-refractivity contribution is 0.0996. The van der Waals surface area contributed by atoms with Crippen LogP contribution in [0.1, 0.15) is 21.7 Å². The van der Waals surface area contributed by atoms with Crippen LogP contribution in [0.4, 0.5) is 16.2 Å². The molecule has 0 atom stereocenters. The first-order valence-electron chi connectivity index (χ1n) is 8.23. The monoisotopic (exact) mass is 394 g/mol. The first-order chi connectivity index (χ1) is 13.5. The number of nitriles is 1. The zero-order valence-electron chi connectivity index (χ0n) is 14.5. The Morgan fingerprint density at radius 2 is 1.86 bits per heavy atom. The van der Waals surface area contributed by atoms with Crippen molar-refractivity contribution in [2.75, 3.05) is 10.6 Å². The van der Waals surface area contributed by atoms with E-state index in [4.69, 9.17) is 21.3 Å². The van der Waals surface area contributed by atoms with Crippen LogP contribution in [0.5, 0.6) is 0 Å². The van der Waals surface area contributed by atoms with Gasteiger partial charge in [-0.2, -0.15) is 5.26 Å². The predicted octanol–water partition coefficient (Wildman–Crippen LogP) is 4.38. The Morgan fingerprint density at radius 1 is 1.04 bits per heavy atom. The summed E-state index contributed by atoms with van der Waals surface area (Å²) in [7, 11) is 0. The lowest BCUT2D eigenvalue weighted by Crippen LogP contribution is -2.28. The highest BCUT2D eigenvalue weighted by molar-refractivity contribution is 6.32. The summed E-state index contributed by atoms with van der Waals surface area (Å²) >= 11 is 5.95. The van der Waals surface area contributed by atoms with Gasteiger partial charge in [0, 0.05) is 17.9 Å². The number of urea groups is 1. The van der Waals surface area contributed by atoms with Crippen molar-refractivity contribution in [1.29, 1.82) is 5.26 Å². The summed E-state index contributed by atoms with van der Waals surface area (Å²) in [5.74, 6) is -0.144. The van der Waals surface area contributed by atoms with Gasteiger partial charge in [0.1, 0.15) is 6.07 Å². The van der Waals surface area contributed by atoms with E-state index in [0.717, 1.165) is 5.56 Å². The quantitative estimate of drug-likeness (QED) is 0.596. The Morgan fingerprint density at radius 3 is 2.57 bits per heavy atom. The van der Waals surface area contributed by atoms with Gasteiger partial charge in [0.05, 0.1) is 16.8 Å². The third-order valence-electron chi connectivity index (χ3n) is 3.73. The number of carbonyl (C=O) groups is 2. The summed E-state index contributed by atoms with van der Waals surface area (Å²) in [5.41, 5.74) is 2.19. The van der Waals surface area contributed by atoms with Crippen LogP contribution in [-0.2, 0) is 6.54 Å². The van der Waals surface area contributed by atoms with Gasteiger partial charge < -0.3 is 20.4 Å². The van der Waals surface area contributed by atoms with Gasteiger partial charge in [-0.15, -0.1) is 0 Å². The third kappa shape index (κ3) is 4.90. The fraction of sp³-hybridized carbons (Fsp3) is 0.0500. The van der Waals surface area contributed by atoms with E-state index < -0.39 is 6.03 Å². The van der Waals surface area contributed by atoms with Crippen LogP contribution in [0.3, 0.4) is 0 Å². The maximum absolute atomic E-state index is 12.1. The van der Waals surface area contributed by atoms with Crippen LogP contribution in [0.25, 0.3) is 0 Å². The second-order valence-electron chi connectivity index (χ2n) is 5.75. The SMILES string of the molecule is N#Cc1ccc(NC(=O)NCc2cccc(NC(=O)c3ccco3)c2)cc1Cl. The van der Waals surface area contributed by atoms with E-state index >= 15 is 0 Å². The first kappa shape index (κ1) is 19.0. The number of nitrogens with zero attached hydrogens (tertiary/aromatic N) is 1. The highest BCUT2D eigenvalue weighted by atomic mass is 35.5. The topological polar surface area (TPSA) is 107 Å². The molecule has 0 saturated heterocycles. The fourth-order valence-electron chi connectivity index (χ4n) is 2.40. The Bertz CT molecular complexity index is 1040. The standard InChI is InChI=1S/C20H15ClN4O3/c21-17-10-16(7-6-14(17)11-22)25-20(27)23-12-13-3-1-4-15(9-13)24-19(26)18-5-2-8-28-18/h1-10H,12H2,(H,24,26)(H2,23,25,27). The highest BCUT2D eigenvalue weighted by Crippen LogP contribution is 2.20. The molecular weight excluding hydrogens is 380 g/mol. The normalized spacial score (nSPS) is 10.0. The van der Waals surface area contributed by atoms with Crippen molar-refractivity contribution in [2.24, 2.45) is 0 Å². The summed E-state index contributed by atoms with van der Waals surface area (Å²) in [4.78, 5) is 24.1. The molecule has 28 heavy (non-hydrogen) atoms. The van der Waals surface area contributed by atoms with E-state index in [2.05, 4.69) is 16.0 Å². The van der Waals surface area contributed by atoms with Gasteiger partial charge in [0.15, 0.2) is 5.76 Å². The van der Waals surface area contributed by atoms with E-state index in [-0.39, 0.29) is 23.2 Å². The molecule has 1 aromatic heterocycles. The zero-order chi connectivity index (χ0) is 19.9. The van der Waals surface area contributed by atoms with Crippen molar-refractivity contribution in [1.82, 2.24) is 5.32 Å². The van der Waals surface area contributed by atoms with Crippen molar-refractivity contribution in [3.05, 3.63) is 82.8 Å². The minimum atomic E-state index is -0.425. The Balaban J connectivity index is 1.55. The van der Waals surface area contributed by atoms with Crippen LogP contribution in [0.15, 0.2) is 65.3 Å². The number of amides is 3. The number of nitrogens with one attached hydrogen (secondary N) is 3. The van der Waals surface area contributed by atoms with Crippen LogP contribution in [-0.4, -0.2) is 11.9 Å². The molecule has 0 spiro atoms. The largest absolute Gasteiger partial charge is 0.459 e. The van der Waals surface area contributed by atoms with Gasteiger partial charge in [0.25, 0.3) is 5.91 Å². The number of hydrogen-bond donors (Lipinski definition) is 3. The second-order valence-corrected chi connectivity index (χ2v) is 6.15. The molecule has 2 aromatic carbocycles. The smallest absolute Gasteiger partial charge is 0.319 e. The third-order valence-corrected chi connectivity index (χ3v) is 4.04. The molecule has 140 valence electrons. The summed E-state index contributed by atoms with van der Waals surface area (Å²) in [6.45, 7) is 0.250. The summed E-state index contributed by atoms with van der Waals surface area (Å²) in [5, 5.41) is 17.2. The van der Waals surface area contributed by atoms with Crippen LogP contribution >= 0.6 is 11.6 Å². The van der Waals surface area contributed by atoms with Crippen LogP contribution in [0, 0.1) is 11.3 Å². The molecule has 0 saturated carbocycles. The van der Waals surface area contributed by atoms with Gasteiger partial charge in [-0.05, 0) is 48.0 Å². The minimum Gasteiger partial charge on any atom is -0.459 e. The molecule has 3 amide bonds. The number of rotatable bonds is 5. The maximum Gasteiger partial charge on any atom is 0.319 e. The fourth-order valence-corrected chi connectivity index (χ4v) is 2.62. The van der Waals surface area contributed by atoms with E-state index in [1.54, 1.807) is 36.4 Å². The Hall–Kier alpha value is -3.76. The van der Waals surface area contributed by atoms with E-state index in [0.29, 0.717) is 16.9 Å². The molecule has 0 aliphatic heterocycles. The summed E-state index contributed by atoms with van der Waals surface area (Å²) < 4.78 is 5.05. The molecule has 1 heterocycles. The van der Waals surface area contributed by atoms with Crippen LogP contribution < -0.4 is 16.0 Å². The molecule has 0 aliphatic carbocycles. The van der Waals surface area contributed by atoms with Gasteiger partial charge in [-0.25, -0.2) is 4.79 Å². The Labute approximate surface area is 165 Å². The van der Waals surface area contributed by atoms with Crippen molar-refractivity contribution in [3.8, 4) is 6.07 Å². The van der Waals surface area contributed by atoms with Crippen molar-refractivity contribution in [2.45, 2.75) is 6.54 Å². The molecule has 0 radical (unpaired) electrons. The first-order valence-corrected chi connectivity index (χ1v) is 8.61. The highest BCUT2D eigenvalue weighted by Gasteiger charge is 2.09. The lowest BCUT2D eigenvalue weighted by Gasteiger charge is -2.10. The number of hydrogen-bond acceptors (Lipinski definition) is 4. The molecule has 3 aromatic rings. The summed E-state index contributed by atoms with van der Waals surface area (Å²) in [6.07, 6.45) is 1.43. The molecule has 0 bridgehead atoms. The van der Waals surface area contributed by atoms with E-state index in [1.807, 2.05) is 12.1 Å². The van der Waals surface area contributed by atoms with Gasteiger partial charge in [0.2, 0.25) is 0 Å². The number of furan rings is 1. The van der Waals surface area contributed by atoms with Gasteiger partial charge in [-0.1, -0.05) is 23.7 Å². The molecule has 0 aliphatic rings. The summed E-state index contributed by atoms with van der Waals surface area (Å²) in [6, 6.07) is 16.4. The van der Waals surface area contributed by atoms with E-state index in [1.165, 1.54) is 18.4 Å². The van der Waals surface area contributed by atoms with Crippen molar-refractivity contribution >= 4 is 34.9 Å².